The van der Waals surface area contributed by atoms with Crippen molar-refractivity contribution in [2.75, 3.05) is 18.4 Å². The maximum atomic E-state index is 11.2. The maximum absolute atomic E-state index is 11.2. The second-order valence-corrected chi connectivity index (χ2v) is 4.11. The largest absolute Gasteiger partial charge is 0.369 e. The molecule has 1 heterocycles. The van der Waals surface area contributed by atoms with E-state index in [0.29, 0.717) is 13.0 Å². The van der Waals surface area contributed by atoms with Gasteiger partial charge in [0.05, 0.1) is 13.0 Å². The number of carbonyl (C=O) groups excluding carboxylic acids is 2. The summed E-state index contributed by atoms with van der Waals surface area (Å²) in [5.41, 5.74) is 8.11. The van der Waals surface area contributed by atoms with E-state index in [1.54, 1.807) is 0 Å². The van der Waals surface area contributed by atoms with Gasteiger partial charge in [-0.2, -0.15) is 0 Å². The van der Waals surface area contributed by atoms with Crippen LogP contribution in [0.1, 0.15) is 11.1 Å². The van der Waals surface area contributed by atoms with E-state index >= 15 is 0 Å². The van der Waals surface area contributed by atoms with Crippen molar-refractivity contribution in [2.24, 2.45) is 5.73 Å². The summed E-state index contributed by atoms with van der Waals surface area (Å²) in [6, 6.07) is 5.93. The van der Waals surface area contributed by atoms with Crippen LogP contribution in [0, 0.1) is 0 Å². The molecule has 90 valence electrons. The third-order valence-corrected chi connectivity index (χ3v) is 2.68. The van der Waals surface area contributed by atoms with Crippen LogP contribution in [0.3, 0.4) is 0 Å². The van der Waals surface area contributed by atoms with Crippen molar-refractivity contribution >= 4 is 17.5 Å². The van der Waals surface area contributed by atoms with E-state index in [0.717, 1.165) is 23.2 Å². The first kappa shape index (κ1) is 11.6. The number of nitrogens with one attached hydrogen (secondary N) is 2. The van der Waals surface area contributed by atoms with E-state index in [2.05, 4.69) is 10.6 Å². The Hall–Kier alpha value is -1.88. The molecule has 0 aliphatic carbocycles. The lowest BCUT2D eigenvalue weighted by Gasteiger charge is -2.05. The van der Waals surface area contributed by atoms with Gasteiger partial charge in [0, 0.05) is 5.69 Å². The van der Waals surface area contributed by atoms with E-state index in [1.165, 1.54) is 0 Å². The fourth-order valence-electron chi connectivity index (χ4n) is 1.88. The highest BCUT2D eigenvalue weighted by Gasteiger charge is 2.17. The highest BCUT2D eigenvalue weighted by Crippen LogP contribution is 2.23. The second kappa shape index (κ2) is 4.97. The Kier molecular flexibility index (Phi) is 3.39. The molecule has 0 saturated heterocycles. The summed E-state index contributed by atoms with van der Waals surface area (Å²) >= 11 is 0. The first-order valence-electron chi connectivity index (χ1n) is 5.56. The van der Waals surface area contributed by atoms with Gasteiger partial charge in [0.25, 0.3) is 0 Å². The van der Waals surface area contributed by atoms with Gasteiger partial charge in [-0.25, -0.2) is 0 Å². The van der Waals surface area contributed by atoms with Crippen molar-refractivity contribution in [2.45, 2.75) is 12.8 Å². The van der Waals surface area contributed by atoms with E-state index < -0.39 is 0 Å². The number of hydrogen-bond donors (Lipinski definition) is 3. The van der Waals surface area contributed by atoms with Crippen LogP contribution in [0.2, 0.25) is 0 Å². The standard InChI is InChI=1S/C12H15N3O2/c13-11(16)7-14-4-3-8-1-2-10-9(5-8)6-12(17)15-10/h1-2,5,14H,3-4,6-7H2,(H2,13,16)(H,15,17). The summed E-state index contributed by atoms with van der Waals surface area (Å²) in [7, 11) is 0. The summed E-state index contributed by atoms with van der Waals surface area (Å²) < 4.78 is 0. The average molecular weight is 233 g/mol. The molecule has 0 unspecified atom stereocenters. The molecule has 0 atom stereocenters. The summed E-state index contributed by atoms with van der Waals surface area (Å²) in [4.78, 5) is 21.7. The summed E-state index contributed by atoms with van der Waals surface area (Å²) in [6.45, 7) is 0.897. The van der Waals surface area contributed by atoms with E-state index in [9.17, 15) is 9.59 Å². The van der Waals surface area contributed by atoms with Gasteiger partial charge >= 0.3 is 0 Å². The fraction of sp³-hybridized carbons (Fsp3) is 0.333. The molecule has 1 aliphatic heterocycles. The molecule has 0 bridgehead atoms. The molecule has 0 saturated carbocycles. The van der Waals surface area contributed by atoms with Crippen molar-refractivity contribution in [3.8, 4) is 0 Å². The minimum atomic E-state index is -0.353. The van der Waals surface area contributed by atoms with Crippen molar-refractivity contribution in [3.05, 3.63) is 29.3 Å². The monoisotopic (exact) mass is 233 g/mol. The zero-order valence-electron chi connectivity index (χ0n) is 9.45. The molecule has 4 N–H and O–H groups in total. The maximum Gasteiger partial charge on any atom is 0.231 e. The zero-order valence-corrected chi connectivity index (χ0v) is 9.45. The Labute approximate surface area is 99.4 Å². The number of carbonyl (C=O) groups is 2. The molecule has 0 spiro atoms. The summed E-state index contributed by atoms with van der Waals surface area (Å²) in [6.07, 6.45) is 1.27. The number of anilines is 1. The van der Waals surface area contributed by atoms with E-state index in [4.69, 9.17) is 5.73 Å². The highest BCUT2D eigenvalue weighted by atomic mass is 16.2. The van der Waals surface area contributed by atoms with Gasteiger partial charge in [0.15, 0.2) is 0 Å². The average Bonchev–Trinajstić information content (AvgIpc) is 2.63. The van der Waals surface area contributed by atoms with Crippen molar-refractivity contribution in [3.63, 3.8) is 0 Å². The molecule has 2 rings (SSSR count). The number of hydrogen-bond acceptors (Lipinski definition) is 3. The smallest absolute Gasteiger partial charge is 0.231 e. The van der Waals surface area contributed by atoms with Crippen molar-refractivity contribution in [1.29, 1.82) is 0 Å². The number of benzene rings is 1. The number of fused-ring (bicyclic) bond motifs is 1. The molecule has 5 nitrogen and oxygen atoms in total. The predicted molar refractivity (Wildman–Crippen MR) is 64.5 cm³/mol. The Morgan fingerprint density at radius 2 is 2.29 bits per heavy atom. The minimum Gasteiger partial charge on any atom is -0.369 e. The molecule has 1 aromatic rings. The molecule has 5 heteroatoms. The minimum absolute atomic E-state index is 0.0454. The Balaban J connectivity index is 1.88. The Bertz CT molecular complexity index is 457. The molecule has 17 heavy (non-hydrogen) atoms. The van der Waals surface area contributed by atoms with E-state index in [-0.39, 0.29) is 18.4 Å². The molecular weight excluding hydrogens is 218 g/mol. The molecular formula is C12H15N3O2. The van der Waals surface area contributed by atoms with Gasteiger partial charge in [-0.3, -0.25) is 9.59 Å². The van der Waals surface area contributed by atoms with Crippen LogP contribution in [0.15, 0.2) is 18.2 Å². The van der Waals surface area contributed by atoms with Gasteiger partial charge < -0.3 is 16.4 Å². The van der Waals surface area contributed by atoms with E-state index in [1.807, 2.05) is 18.2 Å². The van der Waals surface area contributed by atoms with Gasteiger partial charge in [-0.1, -0.05) is 12.1 Å². The van der Waals surface area contributed by atoms with Crippen molar-refractivity contribution < 1.29 is 9.59 Å². The third kappa shape index (κ3) is 3.04. The first-order valence-corrected chi connectivity index (χ1v) is 5.56. The van der Waals surface area contributed by atoms with Crippen LogP contribution in [-0.4, -0.2) is 24.9 Å². The summed E-state index contributed by atoms with van der Waals surface area (Å²) in [5, 5.41) is 5.74. The Morgan fingerprint density at radius 3 is 3.06 bits per heavy atom. The molecule has 1 aliphatic rings. The molecule has 0 radical (unpaired) electrons. The molecule has 0 fully saturated rings. The molecule has 0 aromatic heterocycles. The van der Waals surface area contributed by atoms with Crippen LogP contribution >= 0.6 is 0 Å². The Morgan fingerprint density at radius 1 is 1.47 bits per heavy atom. The predicted octanol–water partition coefficient (Wildman–Crippen LogP) is -0.201. The van der Waals surface area contributed by atoms with Crippen LogP contribution in [-0.2, 0) is 22.4 Å². The lowest BCUT2D eigenvalue weighted by Crippen LogP contribution is -2.29. The first-order chi connectivity index (χ1) is 8.15. The highest BCUT2D eigenvalue weighted by molar-refractivity contribution is 5.99. The van der Waals surface area contributed by atoms with Gasteiger partial charge in [-0.15, -0.1) is 0 Å². The van der Waals surface area contributed by atoms with Crippen LogP contribution in [0.4, 0.5) is 5.69 Å². The molecule has 1 aromatic carbocycles. The topological polar surface area (TPSA) is 84.2 Å². The van der Waals surface area contributed by atoms with Crippen LogP contribution < -0.4 is 16.4 Å². The molecule has 2 amide bonds. The van der Waals surface area contributed by atoms with Gasteiger partial charge in [0.1, 0.15) is 0 Å². The second-order valence-electron chi connectivity index (χ2n) is 4.11. The number of nitrogens with two attached hydrogens (primary N) is 1. The number of primary amides is 1. The SMILES string of the molecule is NC(=O)CNCCc1ccc2c(c1)CC(=O)N2. The van der Waals surface area contributed by atoms with Gasteiger partial charge in [-0.05, 0) is 30.2 Å². The van der Waals surface area contributed by atoms with Crippen LogP contribution in [0.25, 0.3) is 0 Å². The van der Waals surface area contributed by atoms with Crippen LogP contribution in [0.5, 0.6) is 0 Å². The lowest BCUT2D eigenvalue weighted by atomic mass is 10.1. The quantitative estimate of drug-likeness (QED) is 0.616. The van der Waals surface area contributed by atoms with Crippen molar-refractivity contribution in [1.82, 2.24) is 5.32 Å². The normalized spacial score (nSPS) is 13.3. The lowest BCUT2D eigenvalue weighted by molar-refractivity contribution is -0.117. The summed E-state index contributed by atoms with van der Waals surface area (Å²) in [5.74, 6) is -0.308. The number of rotatable bonds is 5. The number of amides is 2. The zero-order chi connectivity index (χ0) is 12.3. The third-order valence-electron chi connectivity index (χ3n) is 2.68. The fourth-order valence-corrected chi connectivity index (χ4v) is 1.88. The van der Waals surface area contributed by atoms with Gasteiger partial charge in [0.2, 0.25) is 11.8 Å².